The summed E-state index contributed by atoms with van der Waals surface area (Å²) in [6.07, 6.45) is 1.10. The number of aromatic nitrogens is 1. The molecule has 1 aromatic heterocycles. The van der Waals surface area contributed by atoms with E-state index in [4.69, 9.17) is 21.2 Å². The predicted octanol–water partition coefficient (Wildman–Crippen LogP) is 2.84. The smallest absolute Gasteiger partial charge is 0.356 e. The molecule has 2 fully saturated rings. The molecule has 3 aliphatic rings. The maximum absolute atomic E-state index is 13.8. The molecule has 1 aliphatic carbocycles. The molecule has 2 aliphatic heterocycles. The van der Waals surface area contributed by atoms with Crippen LogP contribution in [0.1, 0.15) is 35.8 Å². The minimum absolute atomic E-state index is 0.0861. The summed E-state index contributed by atoms with van der Waals surface area (Å²) in [6, 6.07) is 17.1. The Kier molecular flexibility index (Phi) is 9.05. The number of β-lactam (4-membered cyclic amide) rings is 1. The van der Waals surface area contributed by atoms with Crippen molar-refractivity contribution in [3.05, 3.63) is 94.1 Å². The third kappa shape index (κ3) is 6.39. The van der Waals surface area contributed by atoms with E-state index < -0.39 is 46.1 Å². The second-order valence-electron chi connectivity index (χ2n) is 10.3. The number of nitrogens with one attached hydrogen (secondary N) is 2. The fourth-order valence-corrected chi connectivity index (χ4v) is 7.58. The number of hydrogen-bond donors (Lipinski definition) is 2. The first-order chi connectivity index (χ1) is 21.9. The fourth-order valence-electron chi connectivity index (χ4n) is 4.91. The van der Waals surface area contributed by atoms with Crippen molar-refractivity contribution in [2.75, 3.05) is 16.9 Å². The molecule has 3 atom stereocenters. The van der Waals surface area contributed by atoms with Crippen LogP contribution >= 0.6 is 22.9 Å². The molecule has 232 valence electrons. The maximum Gasteiger partial charge on any atom is 0.356 e. The number of fused-ring (bicyclic) bond motifs is 1. The molecule has 1 unspecified atom stereocenters. The van der Waals surface area contributed by atoms with E-state index in [1.165, 1.54) is 5.38 Å². The van der Waals surface area contributed by atoms with Crippen molar-refractivity contribution < 1.29 is 33.0 Å². The van der Waals surface area contributed by atoms with E-state index in [1.54, 1.807) is 0 Å². The Morgan fingerprint density at radius 3 is 2.40 bits per heavy atom. The van der Waals surface area contributed by atoms with Gasteiger partial charge in [0.25, 0.3) is 11.8 Å². The number of benzene rings is 2. The number of hydrogen-bond acceptors (Lipinski definition) is 10. The van der Waals surface area contributed by atoms with Gasteiger partial charge in [-0.2, -0.15) is 0 Å². The molecule has 3 amide bonds. The van der Waals surface area contributed by atoms with Crippen molar-refractivity contribution in [2.45, 2.75) is 36.5 Å². The number of thiazole rings is 1. The van der Waals surface area contributed by atoms with Gasteiger partial charge in [0.2, 0.25) is 6.41 Å². The number of halogens is 1. The normalized spacial score (nSPS) is 21.1. The predicted molar refractivity (Wildman–Crippen MR) is 167 cm³/mol. The van der Waals surface area contributed by atoms with Gasteiger partial charge in [0.15, 0.2) is 16.9 Å². The van der Waals surface area contributed by atoms with E-state index in [1.807, 2.05) is 60.7 Å². The van der Waals surface area contributed by atoms with Crippen LogP contribution in [0.4, 0.5) is 5.13 Å². The van der Waals surface area contributed by atoms with E-state index in [2.05, 4.69) is 20.8 Å². The molecule has 15 heteroatoms. The van der Waals surface area contributed by atoms with Crippen LogP contribution in [0, 0.1) is 0 Å². The Morgan fingerprint density at radius 1 is 1.13 bits per heavy atom. The minimum atomic E-state index is -1.70. The number of nitrogens with zero attached hydrogens (tertiary/aromatic N) is 3. The zero-order chi connectivity index (χ0) is 31.5. The second kappa shape index (κ2) is 13.3. The molecule has 12 nitrogen and oxygen atoms in total. The summed E-state index contributed by atoms with van der Waals surface area (Å²) in [5.74, 6) is -2.49. The monoisotopic (exact) mass is 667 g/mol. The summed E-state index contributed by atoms with van der Waals surface area (Å²) < 4.78 is 19.4. The topological polar surface area (TPSA) is 156 Å². The van der Waals surface area contributed by atoms with Gasteiger partial charge in [-0.25, -0.2) is 9.78 Å². The van der Waals surface area contributed by atoms with E-state index >= 15 is 0 Å². The molecular weight excluding hydrogens is 642 g/mol. The van der Waals surface area contributed by atoms with Crippen molar-refractivity contribution in [1.29, 1.82) is 0 Å². The van der Waals surface area contributed by atoms with Crippen LogP contribution in [-0.4, -0.2) is 73.2 Å². The number of carbonyl (C=O) groups excluding carboxylic acids is 4. The largest absolute Gasteiger partial charge is 0.448 e. The van der Waals surface area contributed by atoms with Crippen molar-refractivity contribution in [1.82, 2.24) is 15.2 Å². The van der Waals surface area contributed by atoms with E-state index in [0.29, 0.717) is 12.0 Å². The summed E-state index contributed by atoms with van der Waals surface area (Å²) in [5.41, 5.74) is 1.56. The van der Waals surface area contributed by atoms with Crippen LogP contribution in [-0.2, 0) is 39.6 Å². The summed E-state index contributed by atoms with van der Waals surface area (Å²) in [4.78, 5) is 62.3. The van der Waals surface area contributed by atoms with E-state index in [-0.39, 0.29) is 40.0 Å². The molecule has 1 saturated heterocycles. The molecule has 0 bridgehead atoms. The lowest BCUT2D eigenvalue weighted by atomic mass is 10.0. The Bertz CT molecular complexity index is 1670. The van der Waals surface area contributed by atoms with Gasteiger partial charge in [-0.1, -0.05) is 65.8 Å². The van der Waals surface area contributed by atoms with Crippen LogP contribution in [0.2, 0.25) is 0 Å². The molecule has 3 aromatic rings. The molecule has 0 radical (unpaired) electrons. The Morgan fingerprint density at radius 2 is 1.80 bits per heavy atom. The number of alkyl halides is 1. The summed E-state index contributed by atoms with van der Waals surface area (Å²) >= 11 is 7.26. The number of carbonyl (C=O) groups is 4. The highest BCUT2D eigenvalue weighted by Gasteiger charge is 2.57. The molecule has 1 saturated carbocycles. The molecule has 2 aromatic carbocycles. The Hall–Kier alpha value is -4.40. The number of rotatable bonds is 12. The molecule has 3 heterocycles. The fraction of sp³-hybridized carbons (Fsp3) is 0.267. The second-order valence-corrected chi connectivity index (χ2v) is 13.0. The standard InChI is InChI=1S/C30H26ClN5O7S2/c31-13-19-15-45(41)28-23(34-26(38)22(35-43-20-11-12-20)21-14-44-30(33-21)32-16-37)27(39)36(28)24(19)29(40)42-25(17-7-3-1-4-8-17)18-9-5-2-6-10-18/h1-10,14,16,20,23,25,28H,11-13,15H2,(H,34,38)(H,32,33,37)/t23-,28-,45?/m1/s1. The average Bonchev–Trinajstić information content (AvgIpc) is 3.78. The summed E-state index contributed by atoms with van der Waals surface area (Å²) in [7, 11) is -1.70. The van der Waals surface area contributed by atoms with Crippen LogP contribution in [0.3, 0.4) is 0 Å². The lowest BCUT2D eigenvalue weighted by Gasteiger charge is -2.49. The highest BCUT2D eigenvalue weighted by Crippen LogP contribution is 2.37. The van der Waals surface area contributed by atoms with E-state index in [9.17, 15) is 23.4 Å². The van der Waals surface area contributed by atoms with Crippen LogP contribution in [0.15, 0.2) is 82.5 Å². The van der Waals surface area contributed by atoms with Crippen LogP contribution < -0.4 is 10.6 Å². The first-order valence-corrected chi connectivity index (χ1v) is 16.7. The molecule has 0 spiro atoms. The van der Waals surface area contributed by atoms with Crippen molar-refractivity contribution in [3.8, 4) is 0 Å². The zero-order valence-electron chi connectivity index (χ0n) is 23.5. The Balaban J connectivity index is 1.24. The van der Waals surface area contributed by atoms with Gasteiger partial charge in [-0.15, -0.1) is 22.9 Å². The van der Waals surface area contributed by atoms with Gasteiger partial charge in [0.05, 0.1) is 16.6 Å². The van der Waals surface area contributed by atoms with Crippen molar-refractivity contribution in [3.63, 3.8) is 0 Å². The highest BCUT2D eigenvalue weighted by atomic mass is 35.5. The van der Waals surface area contributed by atoms with Crippen molar-refractivity contribution in [2.24, 2.45) is 5.16 Å². The van der Waals surface area contributed by atoms with Crippen molar-refractivity contribution >= 4 is 68.8 Å². The maximum atomic E-state index is 13.8. The molecular formula is C30H26ClN5O7S2. The number of esters is 1. The van der Waals surface area contributed by atoms with Gasteiger partial charge in [0.1, 0.15) is 28.9 Å². The van der Waals surface area contributed by atoms with E-state index in [0.717, 1.165) is 40.2 Å². The number of oxime groups is 1. The van der Waals surface area contributed by atoms with Gasteiger partial charge in [-0.05, 0) is 29.5 Å². The third-order valence-corrected chi connectivity index (χ3v) is 9.99. The summed E-state index contributed by atoms with van der Waals surface area (Å²) in [5, 5.41) is 9.68. The zero-order valence-corrected chi connectivity index (χ0v) is 25.8. The first kappa shape index (κ1) is 30.6. The van der Waals surface area contributed by atoms with Gasteiger partial charge in [-0.3, -0.25) is 23.5 Å². The SMILES string of the molecule is O=CNc1nc(C(=NOC2CC2)C(=O)N[C@@H]2C(=O)N3C(C(=O)OC(c4ccccc4)c4ccccc4)=C(CCl)CS(=O)[C@H]23)cs1. The summed E-state index contributed by atoms with van der Waals surface area (Å²) in [6.45, 7) is 0. The minimum Gasteiger partial charge on any atom is -0.448 e. The van der Waals surface area contributed by atoms with Gasteiger partial charge >= 0.3 is 5.97 Å². The number of anilines is 1. The number of amides is 3. The van der Waals surface area contributed by atoms with Crippen LogP contribution in [0.25, 0.3) is 0 Å². The lowest BCUT2D eigenvalue weighted by Crippen LogP contribution is -2.74. The average molecular weight is 668 g/mol. The van der Waals surface area contributed by atoms with Gasteiger partial charge in [0, 0.05) is 11.3 Å². The quantitative estimate of drug-likeness (QED) is 0.0746. The highest BCUT2D eigenvalue weighted by molar-refractivity contribution is 7.86. The molecule has 45 heavy (non-hydrogen) atoms. The van der Waals surface area contributed by atoms with Gasteiger partial charge < -0.3 is 20.2 Å². The first-order valence-electron chi connectivity index (χ1n) is 13.9. The van der Waals surface area contributed by atoms with Crippen LogP contribution in [0.5, 0.6) is 0 Å². The Labute approximate surface area is 268 Å². The molecule has 6 rings (SSSR count). The lowest BCUT2D eigenvalue weighted by molar-refractivity contribution is -0.154. The third-order valence-electron chi connectivity index (χ3n) is 7.24. The molecule has 2 N–H and O–H groups in total. The number of ether oxygens (including phenoxy) is 1.